The highest BCUT2D eigenvalue weighted by Gasteiger charge is 2.21. The van der Waals surface area contributed by atoms with Gasteiger partial charge in [-0.25, -0.2) is 0 Å². The molecule has 0 saturated heterocycles. The zero-order valence-electron chi connectivity index (χ0n) is 12.3. The number of carboxylic acid groups (broad SMARTS) is 1. The van der Waals surface area contributed by atoms with E-state index < -0.39 is 5.97 Å². The molecule has 0 radical (unpaired) electrons. The van der Waals surface area contributed by atoms with Crippen LogP contribution in [0, 0.1) is 19.3 Å². The normalized spacial score (nSPS) is 11.2. The van der Waals surface area contributed by atoms with Crippen LogP contribution < -0.4 is 10.1 Å². The molecule has 1 aromatic carbocycles. The topological polar surface area (TPSA) is 58.6 Å². The van der Waals surface area contributed by atoms with E-state index in [9.17, 15) is 4.79 Å². The summed E-state index contributed by atoms with van der Waals surface area (Å²) in [5, 5.41) is 12.2. The number of nitrogens with one attached hydrogen (secondary N) is 1. The van der Waals surface area contributed by atoms with Gasteiger partial charge in [0.15, 0.2) is 0 Å². The van der Waals surface area contributed by atoms with Crippen LogP contribution in [0.5, 0.6) is 5.75 Å². The molecule has 106 valence electrons. The van der Waals surface area contributed by atoms with E-state index in [4.69, 9.17) is 9.84 Å². The van der Waals surface area contributed by atoms with Gasteiger partial charge in [0.05, 0.1) is 13.5 Å². The molecular weight excluding hydrogens is 242 g/mol. The van der Waals surface area contributed by atoms with E-state index in [1.54, 1.807) is 7.11 Å². The van der Waals surface area contributed by atoms with Crippen LogP contribution in [-0.4, -0.2) is 24.7 Å². The van der Waals surface area contributed by atoms with Crippen LogP contribution in [0.25, 0.3) is 0 Å². The molecule has 1 aromatic rings. The van der Waals surface area contributed by atoms with E-state index in [1.807, 2.05) is 39.8 Å². The number of ether oxygens (including phenoxy) is 1. The Morgan fingerprint density at radius 3 is 2.47 bits per heavy atom. The highest BCUT2D eigenvalue weighted by molar-refractivity contribution is 5.67. The van der Waals surface area contributed by atoms with Crippen molar-refractivity contribution in [3.8, 4) is 5.75 Å². The summed E-state index contributed by atoms with van der Waals surface area (Å²) in [6.45, 7) is 8.51. The Kier molecular flexibility index (Phi) is 4.81. The minimum atomic E-state index is -0.769. The van der Waals surface area contributed by atoms with Gasteiger partial charge in [-0.1, -0.05) is 13.8 Å². The Bertz CT molecular complexity index is 467. The lowest BCUT2D eigenvalue weighted by Gasteiger charge is -2.24. The molecule has 2 N–H and O–H groups in total. The summed E-state index contributed by atoms with van der Waals surface area (Å²) in [7, 11) is 1.66. The number of rotatable bonds is 6. The first-order chi connectivity index (χ1) is 8.75. The van der Waals surface area contributed by atoms with Crippen molar-refractivity contribution >= 4 is 11.7 Å². The molecule has 0 saturated carbocycles. The first-order valence-corrected chi connectivity index (χ1v) is 6.36. The second kappa shape index (κ2) is 5.95. The molecule has 4 nitrogen and oxygen atoms in total. The number of benzene rings is 1. The molecule has 0 aliphatic carbocycles. The largest absolute Gasteiger partial charge is 0.496 e. The lowest BCUT2D eigenvalue weighted by Crippen LogP contribution is -2.26. The third kappa shape index (κ3) is 4.47. The van der Waals surface area contributed by atoms with Gasteiger partial charge < -0.3 is 15.2 Å². The van der Waals surface area contributed by atoms with E-state index in [0.29, 0.717) is 6.54 Å². The van der Waals surface area contributed by atoms with Crippen LogP contribution in [0.2, 0.25) is 0 Å². The first kappa shape index (κ1) is 15.3. The average Bonchev–Trinajstić information content (AvgIpc) is 2.28. The van der Waals surface area contributed by atoms with E-state index in [1.165, 1.54) is 0 Å². The number of methoxy groups -OCH3 is 1. The molecule has 0 heterocycles. The zero-order valence-corrected chi connectivity index (χ0v) is 12.3. The Hall–Kier alpha value is -1.71. The minimum absolute atomic E-state index is 0.147. The summed E-state index contributed by atoms with van der Waals surface area (Å²) in [5.74, 6) is 0.0993. The number of aryl methyl sites for hydroxylation is 2. The Morgan fingerprint density at radius 1 is 1.32 bits per heavy atom. The average molecular weight is 265 g/mol. The van der Waals surface area contributed by atoms with Crippen molar-refractivity contribution in [2.24, 2.45) is 5.41 Å². The SMILES string of the molecule is COc1cc(C)c(NCC(C)(C)CC(=O)O)cc1C. The predicted octanol–water partition coefficient (Wildman–Crippen LogP) is 3.22. The minimum Gasteiger partial charge on any atom is -0.496 e. The summed E-state index contributed by atoms with van der Waals surface area (Å²) >= 11 is 0. The molecule has 1 rings (SSSR count). The molecule has 0 atom stereocenters. The van der Waals surface area contributed by atoms with E-state index in [-0.39, 0.29) is 11.8 Å². The number of carbonyl (C=O) groups is 1. The van der Waals surface area contributed by atoms with E-state index in [0.717, 1.165) is 22.6 Å². The third-order valence-electron chi connectivity index (χ3n) is 3.13. The molecule has 19 heavy (non-hydrogen) atoms. The number of anilines is 1. The second-order valence-electron chi connectivity index (χ2n) is 5.73. The van der Waals surface area contributed by atoms with Gasteiger partial charge in [0.2, 0.25) is 0 Å². The molecule has 0 amide bonds. The van der Waals surface area contributed by atoms with Crippen molar-refractivity contribution in [1.82, 2.24) is 0 Å². The summed E-state index contributed by atoms with van der Waals surface area (Å²) in [5.41, 5.74) is 2.89. The van der Waals surface area contributed by atoms with Gasteiger partial charge in [-0.15, -0.1) is 0 Å². The smallest absolute Gasteiger partial charge is 0.303 e. The van der Waals surface area contributed by atoms with Crippen LogP contribution in [0.15, 0.2) is 12.1 Å². The second-order valence-corrected chi connectivity index (χ2v) is 5.73. The maximum Gasteiger partial charge on any atom is 0.303 e. The van der Waals surface area contributed by atoms with Gasteiger partial charge in [0, 0.05) is 12.2 Å². The fourth-order valence-electron chi connectivity index (χ4n) is 2.01. The number of carboxylic acids is 1. The molecule has 0 bridgehead atoms. The highest BCUT2D eigenvalue weighted by atomic mass is 16.5. The van der Waals surface area contributed by atoms with Gasteiger partial charge in [0.1, 0.15) is 5.75 Å². The van der Waals surface area contributed by atoms with Gasteiger partial charge >= 0.3 is 5.97 Å². The van der Waals surface area contributed by atoms with Crippen LogP contribution in [-0.2, 0) is 4.79 Å². The van der Waals surface area contributed by atoms with Gasteiger partial charge in [0.25, 0.3) is 0 Å². The fraction of sp³-hybridized carbons (Fsp3) is 0.533. The highest BCUT2D eigenvalue weighted by Crippen LogP contribution is 2.28. The molecule has 0 aliphatic rings. The maximum atomic E-state index is 10.8. The van der Waals surface area contributed by atoms with Gasteiger partial charge in [-0.2, -0.15) is 0 Å². The summed E-state index contributed by atoms with van der Waals surface area (Å²) < 4.78 is 5.27. The molecule has 0 aliphatic heterocycles. The molecular formula is C15H23NO3. The lowest BCUT2D eigenvalue weighted by molar-refractivity contribution is -0.139. The summed E-state index contributed by atoms with van der Waals surface area (Å²) in [4.78, 5) is 10.8. The molecule has 0 fully saturated rings. The molecule has 0 aromatic heterocycles. The van der Waals surface area contributed by atoms with Crippen molar-refractivity contribution in [2.75, 3.05) is 19.0 Å². The molecule has 4 heteroatoms. The van der Waals surface area contributed by atoms with E-state index >= 15 is 0 Å². The van der Waals surface area contributed by atoms with Crippen molar-refractivity contribution in [3.05, 3.63) is 23.3 Å². The van der Waals surface area contributed by atoms with Gasteiger partial charge in [-0.3, -0.25) is 4.79 Å². The summed E-state index contributed by atoms with van der Waals surface area (Å²) in [6.07, 6.45) is 0.147. The van der Waals surface area contributed by atoms with Crippen LogP contribution >= 0.6 is 0 Å². The Balaban J connectivity index is 2.78. The van der Waals surface area contributed by atoms with Crippen LogP contribution in [0.4, 0.5) is 5.69 Å². The fourth-order valence-corrected chi connectivity index (χ4v) is 2.01. The number of aliphatic carboxylic acids is 1. The number of hydrogen-bond donors (Lipinski definition) is 2. The van der Waals surface area contributed by atoms with Crippen molar-refractivity contribution < 1.29 is 14.6 Å². The third-order valence-corrected chi connectivity index (χ3v) is 3.13. The van der Waals surface area contributed by atoms with Crippen molar-refractivity contribution in [3.63, 3.8) is 0 Å². The van der Waals surface area contributed by atoms with E-state index in [2.05, 4.69) is 5.32 Å². The first-order valence-electron chi connectivity index (χ1n) is 6.36. The quantitative estimate of drug-likeness (QED) is 0.829. The standard InChI is InChI=1S/C15H23NO3/c1-10-7-13(19-5)11(2)6-12(10)16-9-15(3,4)8-14(17)18/h6-7,16H,8-9H2,1-5H3,(H,17,18). The number of hydrogen-bond acceptors (Lipinski definition) is 3. The monoisotopic (exact) mass is 265 g/mol. The van der Waals surface area contributed by atoms with Crippen molar-refractivity contribution in [2.45, 2.75) is 34.1 Å². The summed E-state index contributed by atoms with van der Waals surface area (Å²) in [6, 6.07) is 4.02. The predicted molar refractivity (Wildman–Crippen MR) is 77.0 cm³/mol. The van der Waals surface area contributed by atoms with Gasteiger partial charge in [-0.05, 0) is 42.5 Å². The Labute approximate surface area is 114 Å². The van der Waals surface area contributed by atoms with Crippen molar-refractivity contribution in [1.29, 1.82) is 0 Å². The maximum absolute atomic E-state index is 10.8. The lowest BCUT2D eigenvalue weighted by atomic mass is 9.89. The molecule has 0 spiro atoms. The molecule has 0 unspecified atom stereocenters. The Morgan fingerprint density at radius 2 is 1.95 bits per heavy atom. The van der Waals surface area contributed by atoms with Crippen LogP contribution in [0.3, 0.4) is 0 Å². The van der Waals surface area contributed by atoms with Crippen LogP contribution in [0.1, 0.15) is 31.4 Å². The zero-order chi connectivity index (χ0) is 14.6.